The molecule has 0 spiro atoms. The summed E-state index contributed by atoms with van der Waals surface area (Å²) in [5.41, 5.74) is 1.47. The molecule has 0 fully saturated rings. The zero-order chi connectivity index (χ0) is 23.4. The van der Waals surface area contributed by atoms with E-state index in [0.29, 0.717) is 36.1 Å². The van der Waals surface area contributed by atoms with E-state index < -0.39 is 18.0 Å². The first-order chi connectivity index (χ1) is 15.9. The van der Waals surface area contributed by atoms with E-state index in [-0.39, 0.29) is 18.0 Å². The van der Waals surface area contributed by atoms with E-state index in [1.807, 2.05) is 4.90 Å². The molecule has 1 aromatic carbocycles. The minimum Gasteiger partial charge on any atom is -0.394 e. The van der Waals surface area contributed by atoms with E-state index in [9.17, 15) is 14.0 Å². The van der Waals surface area contributed by atoms with Crippen LogP contribution in [0, 0.1) is 5.82 Å². The largest absolute Gasteiger partial charge is 0.394 e. The van der Waals surface area contributed by atoms with E-state index in [1.54, 1.807) is 43.5 Å². The number of benzene rings is 1. The van der Waals surface area contributed by atoms with Gasteiger partial charge < -0.3 is 20.6 Å². The number of aliphatic hydroxyl groups is 1. The van der Waals surface area contributed by atoms with Crippen molar-refractivity contribution in [2.45, 2.75) is 25.9 Å². The molecule has 3 amide bonds. The number of pyridine rings is 1. The van der Waals surface area contributed by atoms with Crippen LogP contribution in [0.1, 0.15) is 27.9 Å². The lowest BCUT2D eigenvalue weighted by Gasteiger charge is -2.27. The lowest BCUT2D eigenvalue weighted by Crippen LogP contribution is -2.35. The quantitative estimate of drug-likeness (QED) is 0.440. The van der Waals surface area contributed by atoms with E-state index in [2.05, 4.69) is 25.9 Å². The molecule has 1 unspecified atom stereocenters. The van der Waals surface area contributed by atoms with Crippen LogP contribution in [0.15, 0.2) is 42.6 Å². The Labute approximate surface area is 193 Å². The van der Waals surface area contributed by atoms with Gasteiger partial charge in [0.15, 0.2) is 16.8 Å². The van der Waals surface area contributed by atoms with Crippen LogP contribution < -0.4 is 20.9 Å². The Bertz CT molecular complexity index is 1170. The second-order valence-electron chi connectivity index (χ2n) is 7.55. The monoisotopic (exact) mass is 470 g/mol. The van der Waals surface area contributed by atoms with Crippen molar-refractivity contribution in [3.05, 3.63) is 64.5 Å². The van der Waals surface area contributed by atoms with Gasteiger partial charge in [-0.2, -0.15) is 0 Å². The number of carbonyl (C=O) groups excluding carboxylic acids is 2. The van der Waals surface area contributed by atoms with Crippen molar-refractivity contribution in [2.24, 2.45) is 0 Å². The normalized spacial score (nSPS) is 13.7. The molecular weight excluding hydrogens is 447 g/mol. The van der Waals surface area contributed by atoms with Crippen LogP contribution >= 0.6 is 11.3 Å². The highest BCUT2D eigenvalue weighted by Gasteiger charge is 2.24. The molecule has 3 heterocycles. The summed E-state index contributed by atoms with van der Waals surface area (Å²) in [6, 6.07) is 8.57. The lowest BCUT2D eigenvalue weighted by molar-refractivity contribution is 0.0923. The number of halogens is 1. The van der Waals surface area contributed by atoms with Crippen LogP contribution in [0.25, 0.3) is 0 Å². The number of amides is 3. The average molecular weight is 471 g/mol. The van der Waals surface area contributed by atoms with Gasteiger partial charge in [-0.3, -0.25) is 10.1 Å². The third kappa shape index (κ3) is 5.26. The van der Waals surface area contributed by atoms with Crippen LogP contribution in [0.3, 0.4) is 0 Å². The maximum Gasteiger partial charge on any atom is 0.325 e. The molecule has 33 heavy (non-hydrogen) atoms. The van der Waals surface area contributed by atoms with Crippen molar-refractivity contribution < 1.29 is 19.1 Å². The van der Waals surface area contributed by atoms with Crippen molar-refractivity contribution in [2.75, 3.05) is 28.7 Å². The molecule has 2 aromatic heterocycles. The van der Waals surface area contributed by atoms with Gasteiger partial charge >= 0.3 is 6.03 Å². The van der Waals surface area contributed by atoms with Gasteiger partial charge in [0.1, 0.15) is 0 Å². The van der Waals surface area contributed by atoms with E-state index in [1.165, 1.54) is 17.4 Å². The lowest BCUT2D eigenvalue weighted by atomic mass is 10.1. The smallest absolute Gasteiger partial charge is 0.325 e. The fourth-order valence-electron chi connectivity index (χ4n) is 3.43. The molecule has 1 aliphatic heterocycles. The number of hydrogen-bond acceptors (Lipinski definition) is 7. The van der Waals surface area contributed by atoms with E-state index >= 15 is 0 Å². The topological polar surface area (TPSA) is 119 Å². The Hall–Kier alpha value is -3.57. The highest BCUT2D eigenvalue weighted by atomic mass is 32.1. The fourth-order valence-corrected chi connectivity index (χ4v) is 4.45. The number of nitrogens with one attached hydrogen (secondary N) is 3. The minimum atomic E-state index is -0.538. The number of aliphatic hydroxyl groups excluding tert-OH is 1. The summed E-state index contributed by atoms with van der Waals surface area (Å²) in [7, 11) is 0. The van der Waals surface area contributed by atoms with Crippen molar-refractivity contribution in [1.29, 1.82) is 0 Å². The van der Waals surface area contributed by atoms with Gasteiger partial charge in [-0.15, -0.1) is 0 Å². The fraction of sp³-hybridized carbons (Fsp3) is 0.273. The molecule has 1 aliphatic rings. The van der Waals surface area contributed by atoms with E-state index in [0.717, 1.165) is 10.6 Å². The first-order valence-corrected chi connectivity index (χ1v) is 11.2. The van der Waals surface area contributed by atoms with Gasteiger partial charge in [0.2, 0.25) is 0 Å². The Morgan fingerprint density at radius 3 is 2.85 bits per heavy atom. The highest BCUT2D eigenvalue weighted by Crippen LogP contribution is 2.31. The van der Waals surface area contributed by atoms with E-state index in [4.69, 9.17) is 5.11 Å². The zero-order valence-electron chi connectivity index (χ0n) is 17.8. The van der Waals surface area contributed by atoms with Gasteiger partial charge in [0, 0.05) is 30.1 Å². The standard InChI is InChI=1S/C22H23FN6O3S/c1-13(12-30)25-20(31)14-5-2-3-7-16(14)26-21(32)28-22-27-17-8-10-29(11-18(17)33-22)19-15(23)6-4-9-24-19/h2-7,9,13,30H,8,10-12H2,1H3,(H,25,31)(H2,26,27,28,32). The molecule has 0 saturated carbocycles. The first kappa shape index (κ1) is 22.6. The minimum absolute atomic E-state index is 0.194. The number of urea groups is 1. The van der Waals surface area contributed by atoms with Gasteiger partial charge in [-0.05, 0) is 31.2 Å². The van der Waals surface area contributed by atoms with Crippen molar-refractivity contribution in [3.63, 3.8) is 0 Å². The summed E-state index contributed by atoms with van der Waals surface area (Å²) < 4.78 is 14.1. The molecule has 3 aromatic rings. The molecule has 4 rings (SSSR count). The Balaban J connectivity index is 1.42. The molecule has 172 valence electrons. The van der Waals surface area contributed by atoms with Crippen LogP contribution in [-0.4, -0.2) is 46.2 Å². The number of carbonyl (C=O) groups is 2. The molecule has 0 saturated heterocycles. The summed E-state index contributed by atoms with van der Waals surface area (Å²) >= 11 is 1.32. The number of thiazole rings is 1. The van der Waals surface area contributed by atoms with Crippen molar-refractivity contribution >= 4 is 39.9 Å². The van der Waals surface area contributed by atoms with Crippen LogP contribution in [0.5, 0.6) is 0 Å². The molecule has 0 aliphatic carbocycles. The highest BCUT2D eigenvalue weighted by molar-refractivity contribution is 7.15. The predicted octanol–water partition coefficient (Wildman–Crippen LogP) is 2.99. The summed E-state index contributed by atoms with van der Waals surface area (Å²) in [5, 5.41) is 17.6. The Kier molecular flexibility index (Phi) is 6.80. The van der Waals surface area contributed by atoms with Crippen LogP contribution in [0.4, 0.5) is 25.8 Å². The average Bonchev–Trinajstić information content (AvgIpc) is 3.20. The number of aromatic nitrogens is 2. The molecule has 0 bridgehead atoms. The van der Waals surface area contributed by atoms with Gasteiger partial charge in [0.25, 0.3) is 5.91 Å². The van der Waals surface area contributed by atoms with Gasteiger partial charge in [-0.25, -0.2) is 19.2 Å². The third-order valence-corrected chi connectivity index (χ3v) is 6.06. The predicted molar refractivity (Wildman–Crippen MR) is 124 cm³/mol. The number of hydrogen-bond donors (Lipinski definition) is 4. The maximum atomic E-state index is 14.1. The number of fused-ring (bicyclic) bond motifs is 1. The molecule has 11 heteroatoms. The first-order valence-electron chi connectivity index (χ1n) is 10.4. The second-order valence-corrected chi connectivity index (χ2v) is 8.63. The zero-order valence-corrected chi connectivity index (χ0v) is 18.7. The molecule has 9 nitrogen and oxygen atoms in total. The molecule has 0 radical (unpaired) electrons. The molecular formula is C22H23FN6O3S. The number of rotatable bonds is 6. The van der Waals surface area contributed by atoms with Gasteiger partial charge in [-0.1, -0.05) is 23.5 Å². The summed E-state index contributed by atoms with van der Waals surface area (Å²) in [6.45, 7) is 2.51. The summed E-state index contributed by atoms with van der Waals surface area (Å²) in [4.78, 5) is 36.4. The van der Waals surface area contributed by atoms with Crippen LogP contribution in [0.2, 0.25) is 0 Å². The number of para-hydroxylation sites is 1. The van der Waals surface area contributed by atoms with Crippen LogP contribution in [-0.2, 0) is 13.0 Å². The SMILES string of the molecule is CC(CO)NC(=O)c1ccccc1NC(=O)Nc1nc2c(s1)CN(c1ncccc1F)CC2. The number of anilines is 3. The molecule has 4 N–H and O–H groups in total. The number of nitrogens with zero attached hydrogens (tertiary/aromatic N) is 3. The van der Waals surface area contributed by atoms with Crippen molar-refractivity contribution in [3.8, 4) is 0 Å². The Morgan fingerprint density at radius 2 is 2.06 bits per heavy atom. The second kappa shape index (κ2) is 9.92. The van der Waals surface area contributed by atoms with Crippen molar-refractivity contribution in [1.82, 2.24) is 15.3 Å². The van der Waals surface area contributed by atoms with Gasteiger partial charge in [0.05, 0.1) is 30.1 Å². The summed E-state index contributed by atoms with van der Waals surface area (Å²) in [6.07, 6.45) is 2.16. The third-order valence-electron chi connectivity index (χ3n) is 5.06. The summed E-state index contributed by atoms with van der Waals surface area (Å²) in [5.74, 6) is -0.479. The molecule has 1 atom stereocenters. The maximum absolute atomic E-state index is 14.1. The Morgan fingerprint density at radius 1 is 1.24 bits per heavy atom.